The molecule has 2 aromatic rings. The van der Waals surface area contributed by atoms with Crippen molar-refractivity contribution in [3.05, 3.63) is 63.9 Å². The van der Waals surface area contributed by atoms with E-state index in [1.165, 1.54) is 14.2 Å². The summed E-state index contributed by atoms with van der Waals surface area (Å²) in [5, 5.41) is 0.841. The van der Waals surface area contributed by atoms with Crippen molar-refractivity contribution >= 4 is 39.1 Å². The fourth-order valence-corrected chi connectivity index (χ4v) is 6.27. The van der Waals surface area contributed by atoms with Crippen molar-refractivity contribution in [3.8, 4) is 17.2 Å². The lowest BCUT2D eigenvalue weighted by Crippen LogP contribution is -2.52. The van der Waals surface area contributed by atoms with E-state index in [9.17, 15) is 9.59 Å². The van der Waals surface area contributed by atoms with Crippen molar-refractivity contribution in [3.63, 3.8) is 0 Å². The largest absolute Gasteiger partial charge is 0.496 e. The predicted octanol–water partition coefficient (Wildman–Crippen LogP) is 5.63. The van der Waals surface area contributed by atoms with Crippen LogP contribution in [0.5, 0.6) is 17.2 Å². The molecule has 178 valence electrons. The number of fused-ring (bicyclic) bond motifs is 2. The van der Waals surface area contributed by atoms with Gasteiger partial charge in [0.2, 0.25) is 11.4 Å². The third-order valence-corrected chi connectivity index (χ3v) is 7.86. The highest BCUT2D eigenvalue weighted by molar-refractivity contribution is 9.09. The van der Waals surface area contributed by atoms with E-state index >= 15 is 0 Å². The van der Waals surface area contributed by atoms with Crippen LogP contribution in [0.1, 0.15) is 42.1 Å². The Kier molecular flexibility index (Phi) is 5.68. The summed E-state index contributed by atoms with van der Waals surface area (Å²) >= 11 is 10.1. The molecule has 0 amide bonds. The Morgan fingerprint density at radius 1 is 1.12 bits per heavy atom. The summed E-state index contributed by atoms with van der Waals surface area (Å²) in [5.41, 5.74) is -0.599. The van der Waals surface area contributed by atoms with E-state index < -0.39 is 17.1 Å². The van der Waals surface area contributed by atoms with Crippen molar-refractivity contribution in [2.75, 3.05) is 19.5 Å². The molecule has 2 aliphatic heterocycles. The third-order valence-electron chi connectivity index (χ3n) is 7.11. The van der Waals surface area contributed by atoms with Crippen LogP contribution < -0.4 is 14.2 Å². The first-order chi connectivity index (χ1) is 16.3. The fraction of sp³-hybridized carbons (Fsp3) is 0.385. The molecule has 0 saturated carbocycles. The Morgan fingerprint density at radius 2 is 1.82 bits per heavy atom. The average molecular weight is 548 g/mol. The monoisotopic (exact) mass is 546 g/mol. The summed E-state index contributed by atoms with van der Waals surface area (Å²) in [4.78, 5) is 27.4. The molecular formula is C26H24BrClO6. The highest BCUT2D eigenvalue weighted by Crippen LogP contribution is 2.59. The smallest absolute Gasteiger partial charge is 0.231 e. The number of alkyl halides is 1. The van der Waals surface area contributed by atoms with Gasteiger partial charge in [-0.05, 0) is 5.56 Å². The van der Waals surface area contributed by atoms with Crippen LogP contribution in [0.3, 0.4) is 0 Å². The summed E-state index contributed by atoms with van der Waals surface area (Å²) in [5.74, 6) is 0.304. The number of carbonyl (C=O) groups excluding carboxylic acids is 2. The number of rotatable bonds is 5. The van der Waals surface area contributed by atoms with Gasteiger partial charge < -0.3 is 18.9 Å². The van der Waals surface area contributed by atoms with E-state index in [-0.39, 0.29) is 34.3 Å². The first kappa shape index (κ1) is 23.2. The maximum absolute atomic E-state index is 14.1. The molecule has 2 heterocycles. The summed E-state index contributed by atoms with van der Waals surface area (Å²) in [7, 11) is 2.96. The van der Waals surface area contributed by atoms with Crippen LogP contribution in [-0.2, 0) is 15.1 Å². The third kappa shape index (κ3) is 3.06. The number of hydrogen-bond acceptors (Lipinski definition) is 6. The number of ketones is 2. The van der Waals surface area contributed by atoms with Gasteiger partial charge in [-0.3, -0.25) is 9.59 Å². The van der Waals surface area contributed by atoms with Crippen molar-refractivity contribution in [2.24, 2.45) is 5.92 Å². The van der Waals surface area contributed by atoms with Crippen LogP contribution in [-0.4, -0.2) is 36.7 Å². The molecule has 1 spiro atoms. The van der Waals surface area contributed by atoms with E-state index in [1.807, 2.05) is 37.3 Å². The van der Waals surface area contributed by atoms with Gasteiger partial charge in [-0.25, -0.2) is 0 Å². The van der Waals surface area contributed by atoms with Crippen LogP contribution in [0.2, 0.25) is 5.02 Å². The number of methoxy groups -OCH3 is 2. The number of ether oxygens (including phenoxy) is 4. The number of benzene rings is 2. The minimum Gasteiger partial charge on any atom is -0.496 e. The summed E-state index contributed by atoms with van der Waals surface area (Å²) in [6.07, 6.45) is 1.14. The second-order valence-corrected chi connectivity index (χ2v) is 10.1. The molecule has 0 aromatic heterocycles. The van der Waals surface area contributed by atoms with Gasteiger partial charge in [0.15, 0.2) is 17.3 Å². The van der Waals surface area contributed by atoms with E-state index in [0.717, 1.165) is 5.56 Å². The van der Waals surface area contributed by atoms with Gasteiger partial charge >= 0.3 is 0 Å². The van der Waals surface area contributed by atoms with E-state index in [2.05, 4.69) is 15.9 Å². The summed E-state index contributed by atoms with van der Waals surface area (Å²) in [6.45, 7) is 1.83. The molecular weight excluding hydrogens is 524 g/mol. The van der Waals surface area contributed by atoms with Crippen LogP contribution in [0.4, 0.5) is 0 Å². The quantitative estimate of drug-likeness (QED) is 0.452. The highest BCUT2D eigenvalue weighted by atomic mass is 79.9. The van der Waals surface area contributed by atoms with E-state index in [1.54, 1.807) is 6.07 Å². The van der Waals surface area contributed by atoms with Crippen LogP contribution in [0, 0.1) is 5.92 Å². The topological polar surface area (TPSA) is 71.1 Å². The molecule has 0 radical (unpaired) electrons. The van der Waals surface area contributed by atoms with Crippen LogP contribution in [0.15, 0.2) is 47.7 Å². The molecule has 0 bridgehead atoms. The molecule has 1 aliphatic carbocycles. The standard InChI is InChI=1S/C26H24BrClO6/c1-14-11-17(29)16-13-25(9-10-27,15-7-5-4-6-8-15)34-24(16)26(14)23(30)20-18(31-2)12-19(32-3)21(28)22(20)33-26/h4-8,12,14H,9-11,13H2,1-3H3/t14-,25?,26-/m1/s1. The Hall–Kier alpha value is -2.51. The highest BCUT2D eigenvalue weighted by Gasteiger charge is 2.65. The van der Waals surface area contributed by atoms with Gasteiger partial charge in [0.25, 0.3) is 0 Å². The molecule has 0 N–H and O–H groups in total. The molecule has 3 atom stereocenters. The van der Waals surface area contributed by atoms with E-state index in [4.69, 9.17) is 30.5 Å². The molecule has 6 nitrogen and oxygen atoms in total. The van der Waals surface area contributed by atoms with Crippen molar-refractivity contribution < 1.29 is 28.5 Å². The predicted molar refractivity (Wildman–Crippen MR) is 130 cm³/mol. The van der Waals surface area contributed by atoms with Crippen molar-refractivity contribution in [1.29, 1.82) is 0 Å². The summed E-state index contributed by atoms with van der Waals surface area (Å²) < 4.78 is 24.0. The maximum Gasteiger partial charge on any atom is 0.231 e. The normalized spacial score (nSPS) is 27.4. The zero-order chi connectivity index (χ0) is 24.3. The second-order valence-electron chi connectivity index (χ2n) is 8.88. The van der Waals surface area contributed by atoms with Gasteiger partial charge in [-0.2, -0.15) is 0 Å². The zero-order valence-electron chi connectivity index (χ0n) is 19.1. The first-order valence-electron chi connectivity index (χ1n) is 11.1. The van der Waals surface area contributed by atoms with Gasteiger partial charge in [-0.1, -0.05) is 64.8 Å². The Labute approximate surface area is 211 Å². The number of carbonyl (C=O) groups is 2. The molecule has 1 unspecified atom stereocenters. The molecule has 0 fully saturated rings. The number of halogens is 2. The lowest BCUT2D eigenvalue weighted by molar-refractivity contribution is -0.119. The Bertz CT molecular complexity index is 1230. The number of Topliss-reactive ketones (excluding diaryl/α,β-unsaturated/α-hetero) is 2. The lowest BCUT2D eigenvalue weighted by Gasteiger charge is -2.38. The summed E-state index contributed by atoms with van der Waals surface area (Å²) in [6, 6.07) is 11.4. The minimum atomic E-state index is -1.50. The zero-order valence-corrected chi connectivity index (χ0v) is 21.4. The van der Waals surface area contributed by atoms with Gasteiger partial charge in [-0.15, -0.1) is 0 Å². The van der Waals surface area contributed by atoms with Crippen LogP contribution >= 0.6 is 27.5 Å². The minimum absolute atomic E-state index is 0.0245. The molecule has 0 saturated heterocycles. The Morgan fingerprint density at radius 3 is 2.47 bits per heavy atom. The van der Waals surface area contributed by atoms with Crippen molar-refractivity contribution in [1.82, 2.24) is 0 Å². The molecule has 8 heteroatoms. The SMILES string of the molecule is COc1cc(OC)c2c(c1Cl)O[C@]1(C2=O)C2=C(CC(CCBr)(c3ccccc3)O2)C(=O)C[C@H]1C. The molecule has 5 rings (SSSR count). The second kappa shape index (κ2) is 8.31. The Balaban J connectivity index is 1.69. The molecule has 34 heavy (non-hydrogen) atoms. The lowest BCUT2D eigenvalue weighted by atomic mass is 9.72. The van der Waals surface area contributed by atoms with Crippen molar-refractivity contribution in [2.45, 2.75) is 37.4 Å². The first-order valence-corrected chi connectivity index (χ1v) is 12.6. The number of hydrogen-bond donors (Lipinski definition) is 0. The maximum atomic E-state index is 14.1. The average Bonchev–Trinajstić information content (AvgIpc) is 3.38. The van der Waals surface area contributed by atoms with Gasteiger partial charge in [0, 0.05) is 42.1 Å². The van der Waals surface area contributed by atoms with Gasteiger partial charge in [0.1, 0.15) is 27.7 Å². The fourth-order valence-electron chi connectivity index (χ4n) is 5.37. The van der Waals surface area contributed by atoms with Gasteiger partial charge in [0.05, 0.1) is 14.2 Å². The van der Waals surface area contributed by atoms with E-state index in [0.29, 0.717) is 41.0 Å². The molecule has 3 aliphatic rings. The molecule has 2 aromatic carbocycles. The van der Waals surface area contributed by atoms with Crippen LogP contribution in [0.25, 0.3) is 0 Å².